The number of hydrogen-bond donors (Lipinski definition) is 0. The minimum absolute atomic E-state index is 0.141. The van der Waals surface area contributed by atoms with Crippen LogP contribution in [-0.4, -0.2) is 33.2 Å². The molecule has 1 saturated carbocycles. The van der Waals surface area contributed by atoms with Crippen molar-refractivity contribution in [3.63, 3.8) is 0 Å². The highest BCUT2D eigenvalue weighted by Gasteiger charge is 2.54. The van der Waals surface area contributed by atoms with Crippen molar-refractivity contribution in [3.8, 4) is 5.69 Å². The Labute approximate surface area is 130 Å². The molecule has 4 rings (SSSR count). The molecule has 22 heavy (non-hydrogen) atoms. The predicted molar refractivity (Wildman–Crippen MR) is 84.9 cm³/mol. The van der Waals surface area contributed by atoms with Crippen LogP contribution in [0.1, 0.15) is 37.0 Å². The molecule has 0 N–H and O–H groups in total. The third kappa shape index (κ3) is 2.05. The molecule has 1 aliphatic carbocycles. The third-order valence-electron chi connectivity index (χ3n) is 4.93. The fraction of sp³-hybridized carbons (Fsp3) is 0.444. The molecule has 1 atom stereocenters. The molecule has 1 aliphatic heterocycles. The van der Waals surface area contributed by atoms with Crippen LogP contribution in [0.3, 0.4) is 0 Å². The van der Waals surface area contributed by atoms with Crippen molar-refractivity contribution in [2.24, 2.45) is 11.3 Å². The smallest absolute Gasteiger partial charge is 0.256 e. The molecule has 1 aromatic carbocycles. The summed E-state index contributed by atoms with van der Waals surface area (Å²) in [6.07, 6.45) is 6.14. The minimum atomic E-state index is 0.141. The molecule has 2 aromatic rings. The lowest BCUT2D eigenvalue weighted by atomic mass is 9.72. The largest absolute Gasteiger partial charge is 0.334 e. The molecule has 0 spiro atoms. The number of benzene rings is 1. The second kappa shape index (κ2) is 4.70. The number of rotatable bonds is 3. The summed E-state index contributed by atoms with van der Waals surface area (Å²) in [5, 5.41) is 4.27. The molecule has 1 amide bonds. The average Bonchev–Trinajstić information content (AvgIpc) is 3.15. The van der Waals surface area contributed by atoms with E-state index in [1.54, 1.807) is 10.9 Å². The van der Waals surface area contributed by atoms with Crippen LogP contribution in [-0.2, 0) is 0 Å². The normalized spacial score (nSPS) is 23.2. The molecule has 2 aliphatic rings. The van der Waals surface area contributed by atoms with Crippen LogP contribution in [0.2, 0.25) is 0 Å². The number of amides is 1. The molecule has 1 aromatic heterocycles. The van der Waals surface area contributed by atoms with Crippen LogP contribution in [0, 0.1) is 11.3 Å². The van der Waals surface area contributed by atoms with Crippen LogP contribution in [0.5, 0.6) is 0 Å². The molecular weight excluding hydrogens is 274 g/mol. The summed E-state index contributed by atoms with van der Waals surface area (Å²) >= 11 is 0. The second-order valence-corrected chi connectivity index (χ2v) is 7.17. The maximum Gasteiger partial charge on any atom is 0.256 e. The monoisotopic (exact) mass is 295 g/mol. The van der Waals surface area contributed by atoms with Gasteiger partial charge in [0.2, 0.25) is 0 Å². The van der Waals surface area contributed by atoms with Crippen molar-refractivity contribution in [2.75, 3.05) is 6.54 Å². The Morgan fingerprint density at radius 1 is 1.23 bits per heavy atom. The van der Waals surface area contributed by atoms with E-state index >= 15 is 0 Å². The van der Waals surface area contributed by atoms with E-state index in [-0.39, 0.29) is 11.3 Å². The van der Waals surface area contributed by atoms with Crippen molar-refractivity contribution in [3.05, 3.63) is 48.3 Å². The first-order valence-corrected chi connectivity index (χ1v) is 7.98. The van der Waals surface area contributed by atoms with E-state index in [4.69, 9.17) is 0 Å². The lowest BCUT2D eigenvalue weighted by molar-refractivity contribution is -0.0409. The van der Waals surface area contributed by atoms with E-state index in [1.165, 1.54) is 12.8 Å². The van der Waals surface area contributed by atoms with E-state index in [0.29, 0.717) is 12.0 Å². The summed E-state index contributed by atoms with van der Waals surface area (Å²) in [5.41, 5.74) is 1.85. The Kier molecular flexibility index (Phi) is 2.90. The van der Waals surface area contributed by atoms with E-state index in [1.807, 2.05) is 36.5 Å². The number of hydrogen-bond acceptors (Lipinski definition) is 2. The van der Waals surface area contributed by atoms with Gasteiger partial charge in [0.05, 0.1) is 11.3 Å². The maximum absolute atomic E-state index is 13.1. The lowest BCUT2D eigenvalue weighted by Crippen LogP contribution is -2.64. The van der Waals surface area contributed by atoms with Crippen molar-refractivity contribution < 1.29 is 4.79 Å². The van der Waals surface area contributed by atoms with Gasteiger partial charge in [0.1, 0.15) is 0 Å². The number of carbonyl (C=O) groups is 1. The van der Waals surface area contributed by atoms with E-state index in [2.05, 4.69) is 23.8 Å². The molecule has 114 valence electrons. The van der Waals surface area contributed by atoms with Crippen LogP contribution in [0.25, 0.3) is 5.69 Å². The van der Waals surface area contributed by atoms with Gasteiger partial charge in [-0.2, -0.15) is 5.10 Å². The van der Waals surface area contributed by atoms with Crippen molar-refractivity contribution in [1.29, 1.82) is 0 Å². The van der Waals surface area contributed by atoms with E-state index in [0.717, 1.165) is 17.8 Å². The maximum atomic E-state index is 13.1. The van der Waals surface area contributed by atoms with Crippen LogP contribution in [0.15, 0.2) is 42.7 Å². The van der Waals surface area contributed by atoms with Gasteiger partial charge in [0.15, 0.2) is 0 Å². The van der Waals surface area contributed by atoms with Crippen molar-refractivity contribution >= 4 is 5.91 Å². The topological polar surface area (TPSA) is 38.1 Å². The number of nitrogens with zero attached hydrogens (tertiary/aromatic N) is 3. The Hall–Kier alpha value is -2.10. The predicted octanol–water partition coefficient (Wildman–Crippen LogP) is 3.13. The van der Waals surface area contributed by atoms with Crippen molar-refractivity contribution in [1.82, 2.24) is 14.7 Å². The highest BCUT2D eigenvalue weighted by molar-refractivity contribution is 5.98. The molecule has 0 bridgehead atoms. The number of carbonyl (C=O) groups excluding carboxylic acids is 1. The number of likely N-dealkylation sites (tertiary alicyclic amines) is 1. The van der Waals surface area contributed by atoms with Gasteiger partial charge in [-0.05, 0) is 37.0 Å². The Morgan fingerprint density at radius 3 is 2.64 bits per heavy atom. The Morgan fingerprint density at radius 2 is 2.00 bits per heavy atom. The minimum Gasteiger partial charge on any atom is -0.334 e. The third-order valence-corrected chi connectivity index (χ3v) is 4.93. The quantitative estimate of drug-likeness (QED) is 0.872. The summed E-state index contributed by atoms with van der Waals surface area (Å²) in [7, 11) is 0. The zero-order chi connectivity index (χ0) is 15.3. The molecular formula is C18H21N3O. The molecule has 4 heteroatoms. The molecule has 2 heterocycles. The summed E-state index contributed by atoms with van der Waals surface area (Å²) < 4.78 is 1.77. The zero-order valence-electron chi connectivity index (χ0n) is 13.1. The molecule has 1 unspecified atom stereocenters. The van der Waals surface area contributed by atoms with Gasteiger partial charge in [-0.3, -0.25) is 4.79 Å². The highest BCUT2D eigenvalue weighted by Crippen LogP contribution is 2.50. The van der Waals surface area contributed by atoms with Crippen LogP contribution in [0.4, 0.5) is 0 Å². The summed E-state index contributed by atoms with van der Waals surface area (Å²) in [6, 6.07) is 10.0. The fourth-order valence-electron chi connectivity index (χ4n) is 3.86. The number of para-hydroxylation sites is 1. The average molecular weight is 295 g/mol. The molecule has 4 nitrogen and oxygen atoms in total. The van der Waals surface area contributed by atoms with Gasteiger partial charge < -0.3 is 4.90 Å². The highest BCUT2D eigenvalue weighted by atomic mass is 16.2. The van der Waals surface area contributed by atoms with E-state index in [9.17, 15) is 4.79 Å². The number of aromatic nitrogens is 2. The van der Waals surface area contributed by atoms with Gasteiger partial charge >= 0.3 is 0 Å². The molecule has 2 fully saturated rings. The van der Waals surface area contributed by atoms with Gasteiger partial charge in [0, 0.05) is 30.4 Å². The van der Waals surface area contributed by atoms with Gasteiger partial charge in [-0.25, -0.2) is 4.68 Å². The Balaban J connectivity index is 1.67. The fourth-order valence-corrected chi connectivity index (χ4v) is 3.86. The molecule has 1 saturated heterocycles. The first-order valence-electron chi connectivity index (χ1n) is 7.98. The van der Waals surface area contributed by atoms with Crippen molar-refractivity contribution in [2.45, 2.75) is 32.7 Å². The zero-order valence-corrected chi connectivity index (χ0v) is 13.1. The van der Waals surface area contributed by atoms with Gasteiger partial charge in [-0.15, -0.1) is 0 Å². The summed E-state index contributed by atoms with van der Waals surface area (Å²) in [4.78, 5) is 15.1. The first-order chi connectivity index (χ1) is 10.6. The molecule has 0 radical (unpaired) electrons. The van der Waals surface area contributed by atoms with Gasteiger partial charge in [-0.1, -0.05) is 26.0 Å². The standard InChI is InChI=1S/C18H21N3O/c1-18(2)12-20(16(18)13-8-9-13)17(22)14-6-3-4-7-15(14)21-11-5-10-19-21/h3-7,10-11,13,16H,8-9,12H2,1-2H3. The first kappa shape index (κ1) is 13.6. The lowest BCUT2D eigenvalue weighted by Gasteiger charge is -2.55. The SMILES string of the molecule is CC1(C)CN(C(=O)c2ccccc2-n2cccn2)C1C1CC1. The summed E-state index contributed by atoms with van der Waals surface area (Å²) in [5.74, 6) is 0.840. The van der Waals surface area contributed by atoms with Crippen LogP contribution >= 0.6 is 0 Å². The summed E-state index contributed by atoms with van der Waals surface area (Å²) in [6.45, 7) is 5.40. The Bertz CT molecular complexity index is 701. The van der Waals surface area contributed by atoms with Crippen LogP contribution < -0.4 is 0 Å². The second-order valence-electron chi connectivity index (χ2n) is 7.17. The van der Waals surface area contributed by atoms with E-state index < -0.39 is 0 Å². The van der Waals surface area contributed by atoms with Gasteiger partial charge in [0.25, 0.3) is 5.91 Å².